The fourth-order valence-electron chi connectivity index (χ4n) is 2.08. The van der Waals surface area contributed by atoms with Crippen molar-refractivity contribution >= 4 is 27.5 Å². The summed E-state index contributed by atoms with van der Waals surface area (Å²) in [6, 6.07) is 6.23. The Morgan fingerprint density at radius 2 is 2.39 bits per heavy atom. The van der Waals surface area contributed by atoms with E-state index in [1.165, 1.54) is 0 Å². The van der Waals surface area contributed by atoms with Gasteiger partial charge in [-0.3, -0.25) is 4.79 Å². The number of carbonyl (C=O) groups is 1. The van der Waals surface area contributed by atoms with Gasteiger partial charge in [-0.2, -0.15) is 0 Å². The zero-order chi connectivity index (χ0) is 13.0. The molecule has 18 heavy (non-hydrogen) atoms. The number of carbonyl (C=O) groups excluding carboxylic acids is 1. The minimum Gasteiger partial charge on any atom is -0.383 e. The lowest BCUT2D eigenvalue weighted by molar-refractivity contribution is -0.119. The van der Waals surface area contributed by atoms with Crippen LogP contribution in [-0.2, 0) is 16.1 Å². The minimum absolute atomic E-state index is 0.146. The summed E-state index contributed by atoms with van der Waals surface area (Å²) < 4.78 is 6.23. The van der Waals surface area contributed by atoms with Crippen LogP contribution in [0.5, 0.6) is 0 Å². The van der Waals surface area contributed by atoms with Crippen molar-refractivity contribution in [1.29, 1.82) is 0 Å². The van der Waals surface area contributed by atoms with Crippen LogP contribution in [0, 0.1) is 0 Å². The van der Waals surface area contributed by atoms with E-state index in [0.29, 0.717) is 13.0 Å². The summed E-state index contributed by atoms with van der Waals surface area (Å²) in [5.41, 5.74) is 2.15. The SMILES string of the molecule is COCc1c(Br)cccc1NCC1CCC(=O)N1. The van der Waals surface area contributed by atoms with Crippen LogP contribution in [0.2, 0.25) is 0 Å². The highest BCUT2D eigenvalue weighted by molar-refractivity contribution is 9.10. The van der Waals surface area contributed by atoms with Crippen molar-refractivity contribution in [2.45, 2.75) is 25.5 Å². The standard InChI is InChI=1S/C13H17BrN2O2/c1-18-8-10-11(14)3-2-4-12(10)15-7-9-5-6-13(17)16-9/h2-4,9,15H,5-8H2,1H3,(H,16,17). The highest BCUT2D eigenvalue weighted by Gasteiger charge is 2.20. The molecule has 0 spiro atoms. The van der Waals surface area contributed by atoms with E-state index in [0.717, 1.165) is 28.7 Å². The van der Waals surface area contributed by atoms with E-state index in [4.69, 9.17) is 4.74 Å². The number of rotatable bonds is 5. The predicted molar refractivity (Wildman–Crippen MR) is 74.5 cm³/mol. The average Bonchev–Trinajstić information content (AvgIpc) is 2.76. The molecule has 0 aromatic heterocycles. The molecule has 1 fully saturated rings. The van der Waals surface area contributed by atoms with Gasteiger partial charge in [-0.25, -0.2) is 0 Å². The fraction of sp³-hybridized carbons (Fsp3) is 0.462. The lowest BCUT2D eigenvalue weighted by Gasteiger charge is -2.16. The first-order valence-electron chi connectivity index (χ1n) is 6.00. The molecule has 0 aliphatic carbocycles. The number of amides is 1. The number of hydrogen-bond donors (Lipinski definition) is 2. The van der Waals surface area contributed by atoms with E-state index in [1.54, 1.807) is 7.11 Å². The van der Waals surface area contributed by atoms with Crippen LogP contribution in [0.25, 0.3) is 0 Å². The molecule has 0 saturated carbocycles. The molecular formula is C13H17BrN2O2. The van der Waals surface area contributed by atoms with Crippen molar-refractivity contribution in [3.63, 3.8) is 0 Å². The predicted octanol–water partition coefficient (Wildman–Crippen LogP) is 2.29. The summed E-state index contributed by atoms with van der Waals surface area (Å²) in [7, 11) is 1.68. The summed E-state index contributed by atoms with van der Waals surface area (Å²) in [6.45, 7) is 1.31. The van der Waals surface area contributed by atoms with Crippen molar-refractivity contribution in [1.82, 2.24) is 5.32 Å². The molecule has 1 aliphatic heterocycles. The Morgan fingerprint density at radius 1 is 1.56 bits per heavy atom. The summed E-state index contributed by atoms with van der Waals surface area (Å²) >= 11 is 3.52. The lowest BCUT2D eigenvalue weighted by Crippen LogP contribution is -2.32. The quantitative estimate of drug-likeness (QED) is 0.877. The van der Waals surface area contributed by atoms with Gasteiger partial charge >= 0.3 is 0 Å². The van der Waals surface area contributed by atoms with Gasteiger partial charge in [0.2, 0.25) is 5.91 Å². The molecule has 1 unspecified atom stereocenters. The Balaban J connectivity index is 2.00. The maximum Gasteiger partial charge on any atom is 0.220 e. The highest BCUT2D eigenvalue weighted by Crippen LogP contribution is 2.25. The maximum absolute atomic E-state index is 11.1. The first-order chi connectivity index (χ1) is 8.70. The summed E-state index contributed by atoms with van der Waals surface area (Å²) in [6.07, 6.45) is 1.54. The van der Waals surface area contributed by atoms with E-state index >= 15 is 0 Å². The van der Waals surface area contributed by atoms with Crippen LogP contribution < -0.4 is 10.6 Å². The van der Waals surface area contributed by atoms with Crippen LogP contribution in [0.15, 0.2) is 22.7 Å². The second kappa shape index (κ2) is 6.20. The second-order valence-corrected chi connectivity index (χ2v) is 5.24. The second-order valence-electron chi connectivity index (χ2n) is 4.38. The monoisotopic (exact) mass is 312 g/mol. The van der Waals surface area contributed by atoms with Crippen molar-refractivity contribution < 1.29 is 9.53 Å². The Hall–Kier alpha value is -1.07. The van der Waals surface area contributed by atoms with Crippen LogP contribution in [0.4, 0.5) is 5.69 Å². The zero-order valence-corrected chi connectivity index (χ0v) is 11.9. The molecule has 1 aliphatic rings. The Morgan fingerprint density at radius 3 is 3.06 bits per heavy atom. The molecule has 2 N–H and O–H groups in total. The number of methoxy groups -OCH3 is 1. The summed E-state index contributed by atoms with van der Waals surface area (Å²) in [5, 5.41) is 6.32. The molecule has 1 aromatic carbocycles. The molecule has 1 amide bonds. The molecule has 2 rings (SSSR count). The van der Waals surface area contributed by atoms with Crippen molar-refractivity contribution in [3.05, 3.63) is 28.2 Å². The summed E-state index contributed by atoms with van der Waals surface area (Å²) in [5.74, 6) is 0.146. The van der Waals surface area contributed by atoms with Gasteiger partial charge in [0.1, 0.15) is 0 Å². The molecule has 98 valence electrons. The molecule has 1 aromatic rings. The third-order valence-electron chi connectivity index (χ3n) is 3.03. The Kier molecular flexibility index (Phi) is 4.60. The largest absolute Gasteiger partial charge is 0.383 e. The molecule has 4 nitrogen and oxygen atoms in total. The minimum atomic E-state index is 0.146. The topological polar surface area (TPSA) is 50.4 Å². The Labute approximate surface area is 115 Å². The molecular weight excluding hydrogens is 296 g/mol. The first kappa shape index (κ1) is 13.4. The molecule has 1 heterocycles. The number of benzene rings is 1. The van der Waals surface area contributed by atoms with Crippen LogP contribution >= 0.6 is 15.9 Å². The third-order valence-corrected chi connectivity index (χ3v) is 3.77. The number of halogens is 1. The van der Waals surface area contributed by atoms with Gasteiger partial charge in [0.25, 0.3) is 0 Å². The fourth-order valence-corrected chi connectivity index (χ4v) is 2.56. The normalized spacial score (nSPS) is 18.8. The third kappa shape index (κ3) is 3.23. The van der Waals surface area contributed by atoms with E-state index in [1.807, 2.05) is 18.2 Å². The molecule has 1 atom stereocenters. The van der Waals surface area contributed by atoms with Gasteiger partial charge in [0.15, 0.2) is 0 Å². The van der Waals surface area contributed by atoms with Crippen LogP contribution in [0.3, 0.4) is 0 Å². The van der Waals surface area contributed by atoms with E-state index < -0.39 is 0 Å². The van der Waals surface area contributed by atoms with Crippen molar-refractivity contribution in [2.75, 3.05) is 19.0 Å². The smallest absolute Gasteiger partial charge is 0.220 e. The van der Waals surface area contributed by atoms with Gasteiger partial charge in [-0.05, 0) is 18.6 Å². The Bertz CT molecular complexity index is 437. The number of hydrogen-bond acceptors (Lipinski definition) is 3. The summed E-state index contributed by atoms with van der Waals surface area (Å²) in [4.78, 5) is 11.1. The van der Waals surface area contributed by atoms with Gasteiger partial charge in [-0.1, -0.05) is 22.0 Å². The van der Waals surface area contributed by atoms with Crippen LogP contribution in [0.1, 0.15) is 18.4 Å². The van der Waals surface area contributed by atoms with Crippen LogP contribution in [-0.4, -0.2) is 25.6 Å². The number of ether oxygens (including phenoxy) is 1. The van der Waals surface area contributed by atoms with E-state index in [9.17, 15) is 4.79 Å². The average molecular weight is 313 g/mol. The number of nitrogens with one attached hydrogen (secondary N) is 2. The maximum atomic E-state index is 11.1. The molecule has 0 radical (unpaired) electrons. The molecule has 0 bridgehead atoms. The zero-order valence-electron chi connectivity index (χ0n) is 10.3. The van der Waals surface area contributed by atoms with Gasteiger partial charge < -0.3 is 15.4 Å². The number of anilines is 1. The first-order valence-corrected chi connectivity index (χ1v) is 6.79. The van der Waals surface area contributed by atoms with Crippen molar-refractivity contribution in [3.8, 4) is 0 Å². The van der Waals surface area contributed by atoms with Crippen molar-refractivity contribution in [2.24, 2.45) is 0 Å². The highest BCUT2D eigenvalue weighted by atomic mass is 79.9. The van der Waals surface area contributed by atoms with Gasteiger partial charge in [0.05, 0.1) is 6.61 Å². The molecule has 5 heteroatoms. The lowest BCUT2D eigenvalue weighted by atomic mass is 10.1. The van der Waals surface area contributed by atoms with E-state index in [2.05, 4.69) is 26.6 Å². The van der Waals surface area contributed by atoms with Gasteiger partial charge in [0, 0.05) is 41.8 Å². The molecule has 1 saturated heterocycles. The van der Waals surface area contributed by atoms with Gasteiger partial charge in [-0.15, -0.1) is 0 Å². The van der Waals surface area contributed by atoms with E-state index in [-0.39, 0.29) is 11.9 Å².